The van der Waals surface area contributed by atoms with Gasteiger partial charge in [0.25, 0.3) is 0 Å². The number of methoxy groups -OCH3 is 1. The molecule has 2 unspecified atom stereocenters. The molecule has 3 atom stereocenters. The number of carbonyl (C=O) groups is 4. The molecule has 2 aliphatic heterocycles. The molecule has 0 saturated carbocycles. The number of thioether (sulfide) groups is 1. The van der Waals surface area contributed by atoms with Gasteiger partial charge >= 0.3 is 11.9 Å². The zero-order chi connectivity index (χ0) is 20.3. The van der Waals surface area contributed by atoms with E-state index < -0.39 is 35.3 Å². The topological polar surface area (TPSA) is 102 Å². The number of nitrogens with one attached hydrogen (secondary N) is 1. The number of halogens is 1. The minimum absolute atomic E-state index is 0.0470. The molecule has 150 valence electrons. The van der Waals surface area contributed by atoms with Gasteiger partial charge in [-0.25, -0.2) is 9.59 Å². The molecular weight excluding hydrogens is 472 g/mol. The van der Waals surface area contributed by atoms with Gasteiger partial charge in [0.15, 0.2) is 6.04 Å². The highest BCUT2D eigenvalue weighted by molar-refractivity contribution is 9.09. The van der Waals surface area contributed by atoms with Crippen molar-refractivity contribution in [2.75, 3.05) is 19.0 Å². The molecule has 1 fully saturated rings. The Labute approximate surface area is 177 Å². The average Bonchev–Trinajstić information content (AvgIpc) is 3.21. The predicted molar refractivity (Wildman–Crippen MR) is 107 cm³/mol. The molecule has 3 rings (SSSR count). The smallest absolute Gasteiger partial charge is 0.337 e. The van der Waals surface area contributed by atoms with Crippen LogP contribution in [0.25, 0.3) is 0 Å². The summed E-state index contributed by atoms with van der Waals surface area (Å²) in [5.41, 5.74) is 0.0470. The van der Waals surface area contributed by atoms with Crippen molar-refractivity contribution in [2.45, 2.75) is 23.9 Å². The Morgan fingerprint density at radius 1 is 1.36 bits per heavy atom. The van der Waals surface area contributed by atoms with Gasteiger partial charge in [0, 0.05) is 10.2 Å². The Morgan fingerprint density at radius 2 is 2.14 bits per heavy atom. The first-order valence-electron chi connectivity index (χ1n) is 8.28. The molecular formula is C17H17BrN2O6S2. The summed E-state index contributed by atoms with van der Waals surface area (Å²) in [4.78, 5) is 51.6. The second-order valence-corrected chi connectivity index (χ2v) is 8.71. The van der Waals surface area contributed by atoms with Crippen molar-refractivity contribution in [3.8, 4) is 0 Å². The quantitative estimate of drug-likeness (QED) is 0.347. The van der Waals surface area contributed by atoms with E-state index in [0.29, 0.717) is 5.33 Å². The fourth-order valence-corrected chi connectivity index (χ4v) is 4.99. The number of esters is 2. The van der Waals surface area contributed by atoms with E-state index >= 15 is 0 Å². The van der Waals surface area contributed by atoms with Crippen molar-refractivity contribution >= 4 is 62.8 Å². The number of amides is 2. The first-order chi connectivity index (χ1) is 13.5. The van der Waals surface area contributed by atoms with Crippen LogP contribution in [0.4, 0.5) is 0 Å². The number of carbonyl (C=O) groups excluding carboxylic acids is 4. The number of hydrogen-bond donors (Lipinski definition) is 1. The van der Waals surface area contributed by atoms with Crippen molar-refractivity contribution in [3.05, 3.63) is 33.4 Å². The first-order valence-corrected chi connectivity index (χ1v) is 11.2. The summed E-state index contributed by atoms with van der Waals surface area (Å²) in [6.45, 7) is 0.132. The second kappa shape index (κ2) is 9.10. The van der Waals surface area contributed by atoms with Crippen LogP contribution in [0.5, 0.6) is 0 Å². The van der Waals surface area contributed by atoms with Crippen LogP contribution in [0.1, 0.15) is 4.88 Å². The third-order valence-corrected chi connectivity index (χ3v) is 6.56. The zero-order valence-electron chi connectivity index (χ0n) is 14.8. The van der Waals surface area contributed by atoms with Gasteiger partial charge in [0.05, 0.1) is 19.1 Å². The number of alkyl halides is 1. The van der Waals surface area contributed by atoms with Gasteiger partial charge in [0.2, 0.25) is 11.8 Å². The van der Waals surface area contributed by atoms with Gasteiger partial charge in [0.1, 0.15) is 18.0 Å². The van der Waals surface area contributed by atoms with Crippen molar-refractivity contribution < 1.29 is 28.7 Å². The van der Waals surface area contributed by atoms with Crippen LogP contribution in [0.15, 0.2) is 28.5 Å². The summed E-state index contributed by atoms with van der Waals surface area (Å²) in [6, 6.07) is 1.75. The van der Waals surface area contributed by atoms with E-state index in [1.165, 1.54) is 40.5 Å². The summed E-state index contributed by atoms with van der Waals surface area (Å²) >= 11 is 5.80. The average molecular weight is 489 g/mol. The largest absolute Gasteiger partial charge is 0.467 e. The molecule has 2 aliphatic rings. The second-order valence-electron chi connectivity index (χ2n) is 5.90. The molecule has 1 aromatic rings. The third kappa shape index (κ3) is 4.11. The molecule has 2 amide bonds. The lowest BCUT2D eigenvalue weighted by molar-refractivity contribution is -0.163. The maximum absolute atomic E-state index is 12.7. The molecule has 0 bridgehead atoms. The zero-order valence-corrected chi connectivity index (χ0v) is 18.0. The summed E-state index contributed by atoms with van der Waals surface area (Å²) < 4.78 is 9.84. The maximum atomic E-state index is 12.7. The van der Waals surface area contributed by atoms with Crippen LogP contribution in [-0.2, 0) is 35.1 Å². The Kier molecular flexibility index (Phi) is 6.78. The first kappa shape index (κ1) is 20.9. The number of rotatable bonds is 7. The van der Waals surface area contributed by atoms with Gasteiger partial charge < -0.3 is 19.7 Å². The lowest BCUT2D eigenvalue weighted by Crippen LogP contribution is -2.74. The summed E-state index contributed by atoms with van der Waals surface area (Å²) in [6.07, 6.45) is 0.180. The summed E-state index contributed by atoms with van der Waals surface area (Å²) in [7, 11) is 1.19. The monoisotopic (exact) mass is 488 g/mol. The molecule has 3 heterocycles. The fourth-order valence-electron chi connectivity index (χ4n) is 2.92. The summed E-state index contributed by atoms with van der Waals surface area (Å²) in [5, 5.41) is 6.05. The van der Waals surface area contributed by atoms with Gasteiger partial charge in [-0.3, -0.25) is 9.59 Å². The van der Waals surface area contributed by atoms with Crippen LogP contribution in [0.3, 0.4) is 0 Å². The number of ether oxygens (including phenoxy) is 2. The van der Waals surface area contributed by atoms with Crippen LogP contribution in [-0.4, -0.2) is 65.2 Å². The lowest BCUT2D eigenvalue weighted by Gasteiger charge is -2.51. The standard InChI is InChI=1S/C17H17BrN2O6S2/c1-25-17(24)13-10(16(23)26-5-4-18)8-28-15-12(14(22)20(13)15)19-11(21)7-9-3-2-6-27-9/h2-3,6,8,12-13,15H,4-5,7H2,1H3,(H,19,21)/t12?,13?,15-/m1/s1. The van der Waals surface area contributed by atoms with E-state index in [1.807, 2.05) is 17.5 Å². The van der Waals surface area contributed by atoms with Crippen molar-refractivity contribution in [2.24, 2.45) is 0 Å². The number of hydrogen-bond acceptors (Lipinski definition) is 8. The highest BCUT2D eigenvalue weighted by Gasteiger charge is 2.57. The van der Waals surface area contributed by atoms with E-state index in [9.17, 15) is 19.2 Å². The highest BCUT2D eigenvalue weighted by atomic mass is 79.9. The molecule has 1 saturated heterocycles. The number of β-lactam (4-membered cyclic amide) rings is 1. The molecule has 28 heavy (non-hydrogen) atoms. The molecule has 0 radical (unpaired) electrons. The lowest BCUT2D eigenvalue weighted by atomic mass is 9.98. The maximum Gasteiger partial charge on any atom is 0.337 e. The van der Waals surface area contributed by atoms with Crippen LogP contribution in [0, 0.1) is 0 Å². The van der Waals surface area contributed by atoms with Crippen LogP contribution < -0.4 is 5.32 Å². The van der Waals surface area contributed by atoms with Gasteiger partial charge in [-0.15, -0.1) is 23.1 Å². The molecule has 11 heteroatoms. The van der Waals surface area contributed by atoms with Gasteiger partial charge in [-0.05, 0) is 16.9 Å². The summed E-state index contributed by atoms with van der Waals surface area (Å²) in [5.74, 6) is -2.13. The van der Waals surface area contributed by atoms with E-state index in [1.54, 1.807) is 0 Å². The minimum atomic E-state index is -1.18. The van der Waals surface area contributed by atoms with Crippen molar-refractivity contribution in [3.63, 3.8) is 0 Å². The van der Waals surface area contributed by atoms with E-state index in [0.717, 1.165) is 4.88 Å². The van der Waals surface area contributed by atoms with Crippen LogP contribution in [0.2, 0.25) is 0 Å². The van der Waals surface area contributed by atoms with E-state index in [4.69, 9.17) is 9.47 Å². The third-order valence-electron chi connectivity index (χ3n) is 4.19. The molecule has 1 aromatic heterocycles. The van der Waals surface area contributed by atoms with E-state index in [-0.39, 0.29) is 24.5 Å². The number of nitrogens with zero attached hydrogens (tertiary/aromatic N) is 1. The van der Waals surface area contributed by atoms with Crippen molar-refractivity contribution in [1.82, 2.24) is 10.2 Å². The Bertz CT molecular complexity index is 813. The van der Waals surface area contributed by atoms with Crippen molar-refractivity contribution in [1.29, 1.82) is 0 Å². The molecule has 0 spiro atoms. The Hall–Kier alpha value is -1.85. The molecule has 1 N–H and O–H groups in total. The van der Waals surface area contributed by atoms with E-state index in [2.05, 4.69) is 21.2 Å². The van der Waals surface area contributed by atoms with Gasteiger partial charge in [-0.2, -0.15) is 0 Å². The van der Waals surface area contributed by atoms with Gasteiger partial charge in [-0.1, -0.05) is 22.0 Å². The number of fused-ring (bicyclic) bond motifs is 1. The molecule has 0 aromatic carbocycles. The Morgan fingerprint density at radius 3 is 2.79 bits per heavy atom. The number of thiophene rings is 1. The highest BCUT2D eigenvalue weighted by Crippen LogP contribution is 2.40. The normalized spacial score (nSPS) is 23.2. The van der Waals surface area contributed by atoms with Crippen LogP contribution >= 0.6 is 39.0 Å². The predicted octanol–water partition coefficient (Wildman–Crippen LogP) is 1.05. The minimum Gasteiger partial charge on any atom is -0.467 e. The molecule has 8 nitrogen and oxygen atoms in total. The molecule has 0 aliphatic carbocycles. The fraction of sp³-hybridized carbons (Fsp3) is 0.412. The Balaban J connectivity index is 1.72. The SMILES string of the molecule is COC(=O)C1C(C(=O)OCCBr)=CS[C@@H]2C(NC(=O)Cc3cccs3)C(=O)N12.